The van der Waals surface area contributed by atoms with E-state index in [0.29, 0.717) is 36.8 Å². The highest BCUT2D eigenvalue weighted by molar-refractivity contribution is 7.89. The number of nitrogens with zero attached hydrogens (tertiary/aromatic N) is 2. The van der Waals surface area contributed by atoms with Gasteiger partial charge in [-0.1, -0.05) is 11.6 Å². The van der Waals surface area contributed by atoms with Gasteiger partial charge in [-0.2, -0.15) is 4.31 Å². The number of piperazine rings is 1. The summed E-state index contributed by atoms with van der Waals surface area (Å²) in [5, 5.41) is 3.72. The fourth-order valence-corrected chi connectivity index (χ4v) is 4.41. The van der Waals surface area contributed by atoms with E-state index < -0.39 is 10.0 Å². The lowest BCUT2D eigenvalue weighted by Crippen LogP contribution is -2.48. The summed E-state index contributed by atoms with van der Waals surface area (Å²) in [5.41, 5.74) is 0.547. The van der Waals surface area contributed by atoms with Gasteiger partial charge in [-0.15, -0.1) is 0 Å². The lowest BCUT2D eigenvalue weighted by atomic mass is 10.2. The van der Waals surface area contributed by atoms with Crippen molar-refractivity contribution in [2.24, 2.45) is 0 Å². The van der Waals surface area contributed by atoms with Gasteiger partial charge in [-0.05, 0) is 37.1 Å². The SMILES string of the molecule is O=C(c1ccc(Cl)cc1)N(CCS(=O)(=O)N1CCNCC1)C1CC1. The molecule has 1 heterocycles. The van der Waals surface area contributed by atoms with Crippen molar-refractivity contribution in [3.63, 3.8) is 0 Å². The number of carbonyl (C=O) groups excluding carboxylic acids is 1. The van der Waals surface area contributed by atoms with Gasteiger partial charge in [0.1, 0.15) is 0 Å². The summed E-state index contributed by atoms with van der Waals surface area (Å²) in [6.07, 6.45) is 1.88. The van der Waals surface area contributed by atoms with E-state index in [1.807, 2.05) is 0 Å². The van der Waals surface area contributed by atoms with Crippen LogP contribution in [0.25, 0.3) is 0 Å². The molecule has 8 heteroatoms. The molecule has 2 aliphatic rings. The van der Waals surface area contributed by atoms with E-state index in [2.05, 4.69) is 5.32 Å². The highest BCUT2D eigenvalue weighted by atomic mass is 35.5. The number of nitrogens with one attached hydrogen (secondary N) is 1. The second-order valence-electron chi connectivity index (χ2n) is 6.20. The first-order valence-corrected chi connectivity index (χ1v) is 10.2. The van der Waals surface area contributed by atoms with E-state index in [4.69, 9.17) is 11.6 Å². The third-order valence-corrected chi connectivity index (χ3v) is 6.50. The van der Waals surface area contributed by atoms with Crippen LogP contribution in [0.4, 0.5) is 0 Å². The first kappa shape index (κ1) is 17.7. The van der Waals surface area contributed by atoms with Crippen molar-refractivity contribution in [1.29, 1.82) is 0 Å². The Kier molecular flexibility index (Phi) is 5.44. The Labute approximate surface area is 147 Å². The lowest BCUT2D eigenvalue weighted by molar-refractivity contribution is 0.0753. The molecule has 0 aromatic heterocycles. The van der Waals surface area contributed by atoms with E-state index in [-0.39, 0.29) is 24.2 Å². The molecule has 0 radical (unpaired) electrons. The number of benzene rings is 1. The lowest BCUT2D eigenvalue weighted by Gasteiger charge is -2.28. The van der Waals surface area contributed by atoms with Crippen molar-refractivity contribution in [2.45, 2.75) is 18.9 Å². The molecule has 1 saturated carbocycles. The normalized spacial score (nSPS) is 19.2. The summed E-state index contributed by atoms with van der Waals surface area (Å²) >= 11 is 5.86. The van der Waals surface area contributed by atoms with Gasteiger partial charge in [-0.3, -0.25) is 4.79 Å². The topological polar surface area (TPSA) is 69.7 Å². The van der Waals surface area contributed by atoms with Crippen molar-refractivity contribution >= 4 is 27.5 Å². The van der Waals surface area contributed by atoms with E-state index in [1.54, 1.807) is 29.2 Å². The summed E-state index contributed by atoms with van der Waals surface area (Å²) in [5.74, 6) is -0.146. The average Bonchev–Trinajstić information content (AvgIpc) is 3.41. The number of hydrogen-bond donors (Lipinski definition) is 1. The van der Waals surface area contributed by atoms with Crippen LogP contribution in [0.3, 0.4) is 0 Å². The van der Waals surface area contributed by atoms with Gasteiger partial charge >= 0.3 is 0 Å². The van der Waals surface area contributed by atoms with Gasteiger partial charge in [-0.25, -0.2) is 8.42 Å². The van der Waals surface area contributed by atoms with Crippen molar-refractivity contribution in [3.8, 4) is 0 Å². The third kappa shape index (κ3) is 4.27. The number of carbonyl (C=O) groups is 1. The van der Waals surface area contributed by atoms with Crippen molar-refractivity contribution in [1.82, 2.24) is 14.5 Å². The van der Waals surface area contributed by atoms with Gasteiger partial charge in [0.05, 0.1) is 5.75 Å². The molecule has 1 N–H and O–H groups in total. The minimum atomic E-state index is -3.33. The highest BCUT2D eigenvalue weighted by Crippen LogP contribution is 2.28. The molecule has 1 amide bonds. The zero-order valence-corrected chi connectivity index (χ0v) is 15.0. The molecular weight excluding hydrogens is 350 g/mol. The minimum Gasteiger partial charge on any atom is -0.335 e. The van der Waals surface area contributed by atoms with Gasteiger partial charge in [0.25, 0.3) is 5.91 Å². The Bertz CT molecular complexity index is 683. The smallest absolute Gasteiger partial charge is 0.254 e. The van der Waals surface area contributed by atoms with Crippen molar-refractivity contribution < 1.29 is 13.2 Å². The predicted octanol–water partition coefficient (Wildman–Crippen LogP) is 1.18. The molecule has 3 rings (SSSR count). The molecule has 132 valence electrons. The monoisotopic (exact) mass is 371 g/mol. The first-order chi connectivity index (χ1) is 11.5. The maximum Gasteiger partial charge on any atom is 0.254 e. The van der Waals surface area contributed by atoms with Gasteiger partial charge in [0, 0.05) is 49.4 Å². The van der Waals surface area contributed by atoms with E-state index in [9.17, 15) is 13.2 Å². The van der Waals surface area contributed by atoms with E-state index in [0.717, 1.165) is 12.8 Å². The van der Waals surface area contributed by atoms with Gasteiger partial charge in [0.15, 0.2) is 0 Å². The predicted molar refractivity (Wildman–Crippen MR) is 93.7 cm³/mol. The molecule has 6 nitrogen and oxygen atoms in total. The molecule has 2 fully saturated rings. The molecule has 0 atom stereocenters. The van der Waals surface area contributed by atoms with Crippen LogP contribution < -0.4 is 5.32 Å². The molecule has 1 aliphatic heterocycles. The number of rotatable bonds is 6. The van der Waals surface area contributed by atoms with Crippen LogP contribution in [0.15, 0.2) is 24.3 Å². The Hall–Kier alpha value is -1.15. The second-order valence-corrected chi connectivity index (χ2v) is 8.73. The molecular formula is C16H22ClN3O3S. The van der Waals surface area contributed by atoms with Gasteiger partial charge < -0.3 is 10.2 Å². The zero-order chi connectivity index (χ0) is 17.2. The Morgan fingerprint density at radius 1 is 1.21 bits per heavy atom. The molecule has 24 heavy (non-hydrogen) atoms. The number of amides is 1. The summed E-state index contributed by atoms with van der Waals surface area (Å²) < 4.78 is 26.5. The van der Waals surface area contributed by atoms with Crippen LogP contribution in [0.1, 0.15) is 23.2 Å². The maximum absolute atomic E-state index is 12.7. The van der Waals surface area contributed by atoms with Crippen LogP contribution >= 0.6 is 11.6 Å². The second kappa shape index (κ2) is 7.39. The number of sulfonamides is 1. The largest absolute Gasteiger partial charge is 0.335 e. The molecule has 1 aromatic carbocycles. The van der Waals surface area contributed by atoms with Crippen LogP contribution in [0, 0.1) is 0 Å². The molecule has 1 saturated heterocycles. The molecule has 0 unspecified atom stereocenters. The molecule has 0 bridgehead atoms. The maximum atomic E-state index is 12.7. The van der Waals surface area contributed by atoms with Crippen LogP contribution in [-0.4, -0.2) is 68.0 Å². The van der Waals surface area contributed by atoms with Crippen LogP contribution in [0.5, 0.6) is 0 Å². The first-order valence-electron chi connectivity index (χ1n) is 8.22. The standard InChI is InChI=1S/C16H22ClN3O3S/c17-14-3-1-13(2-4-14)16(21)20(15-5-6-15)11-12-24(22,23)19-9-7-18-8-10-19/h1-4,15,18H,5-12H2. The highest BCUT2D eigenvalue weighted by Gasteiger charge is 2.34. The van der Waals surface area contributed by atoms with Crippen LogP contribution in [0.2, 0.25) is 5.02 Å². The van der Waals surface area contributed by atoms with Crippen LogP contribution in [-0.2, 0) is 10.0 Å². The quantitative estimate of drug-likeness (QED) is 0.815. The fourth-order valence-electron chi connectivity index (χ4n) is 2.86. The van der Waals surface area contributed by atoms with Crippen molar-refractivity contribution in [2.75, 3.05) is 38.5 Å². The minimum absolute atomic E-state index is 0.0250. The van der Waals surface area contributed by atoms with Crippen molar-refractivity contribution in [3.05, 3.63) is 34.9 Å². The summed E-state index contributed by atoms with van der Waals surface area (Å²) in [4.78, 5) is 14.4. The fraction of sp³-hybridized carbons (Fsp3) is 0.562. The van der Waals surface area contributed by atoms with E-state index >= 15 is 0 Å². The summed E-state index contributed by atoms with van der Waals surface area (Å²) in [7, 11) is -3.33. The van der Waals surface area contributed by atoms with Gasteiger partial charge in [0.2, 0.25) is 10.0 Å². The van der Waals surface area contributed by atoms with E-state index in [1.165, 1.54) is 4.31 Å². The Balaban J connectivity index is 1.66. The molecule has 0 spiro atoms. The third-order valence-electron chi connectivity index (χ3n) is 4.40. The zero-order valence-electron chi connectivity index (χ0n) is 13.4. The summed E-state index contributed by atoms with van der Waals surface area (Å²) in [6, 6.07) is 6.89. The average molecular weight is 372 g/mol. The molecule has 1 aliphatic carbocycles. The molecule has 1 aromatic rings. The Morgan fingerprint density at radius 3 is 2.42 bits per heavy atom. The Morgan fingerprint density at radius 2 is 1.83 bits per heavy atom. The summed E-state index contributed by atoms with van der Waals surface area (Å²) in [6.45, 7) is 2.58. The number of hydrogen-bond acceptors (Lipinski definition) is 4. The number of halogens is 1.